The number of methoxy groups -OCH3 is 2. The summed E-state index contributed by atoms with van der Waals surface area (Å²) < 4.78 is 11.9. The molecule has 3 nitrogen and oxygen atoms in total. The molecule has 2 atom stereocenters. The molecule has 0 heterocycles. The SMILES string of the molecule is CCNC(c1cc(OC)c(OC)cc1Br)C(C)C1CC1. The Morgan fingerprint density at radius 3 is 2.35 bits per heavy atom. The van der Waals surface area contributed by atoms with E-state index in [1.54, 1.807) is 14.2 Å². The van der Waals surface area contributed by atoms with Gasteiger partial charge in [0.15, 0.2) is 11.5 Å². The van der Waals surface area contributed by atoms with E-state index in [0.717, 1.165) is 28.4 Å². The third-order valence-corrected chi connectivity index (χ3v) is 4.84. The van der Waals surface area contributed by atoms with E-state index in [1.807, 2.05) is 6.07 Å². The zero-order chi connectivity index (χ0) is 14.7. The van der Waals surface area contributed by atoms with Gasteiger partial charge in [0, 0.05) is 10.5 Å². The third kappa shape index (κ3) is 3.29. The van der Waals surface area contributed by atoms with Gasteiger partial charge >= 0.3 is 0 Å². The van der Waals surface area contributed by atoms with Crippen molar-refractivity contribution >= 4 is 15.9 Å². The van der Waals surface area contributed by atoms with E-state index in [9.17, 15) is 0 Å². The minimum absolute atomic E-state index is 0.349. The van der Waals surface area contributed by atoms with Crippen LogP contribution < -0.4 is 14.8 Å². The zero-order valence-corrected chi connectivity index (χ0v) is 14.3. The molecule has 0 aliphatic heterocycles. The number of hydrogen-bond donors (Lipinski definition) is 1. The van der Waals surface area contributed by atoms with Gasteiger partial charge in [-0.3, -0.25) is 0 Å². The Labute approximate surface area is 130 Å². The molecule has 1 aromatic rings. The van der Waals surface area contributed by atoms with E-state index in [2.05, 4.69) is 41.2 Å². The fourth-order valence-corrected chi connectivity index (χ4v) is 3.37. The Bertz CT molecular complexity index is 460. The number of nitrogens with one attached hydrogen (secondary N) is 1. The van der Waals surface area contributed by atoms with Crippen molar-refractivity contribution in [3.05, 3.63) is 22.2 Å². The number of ether oxygens (including phenoxy) is 2. The summed E-state index contributed by atoms with van der Waals surface area (Å²) in [6, 6.07) is 4.44. The Hall–Kier alpha value is -0.740. The van der Waals surface area contributed by atoms with E-state index in [0.29, 0.717) is 12.0 Å². The quantitative estimate of drug-likeness (QED) is 0.807. The van der Waals surface area contributed by atoms with E-state index in [1.165, 1.54) is 18.4 Å². The smallest absolute Gasteiger partial charge is 0.161 e. The molecule has 2 rings (SSSR count). The molecule has 0 amide bonds. The van der Waals surface area contributed by atoms with Crippen molar-refractivity contribution in [1.29, 1.82) is 0 Å². The van der Waals surface area contributed by atoms with Crippen LogP contribution in [-0.2, 0) is 0 Å². The van der Waals surface area contributed by atoms with Crippen LogP contribution in [0.25, 0.3) is 0 Å². The average molecular weight is 342 g/mol. The lowest BCUT2D eigenvalue weighted by Crippen LogP contribution is -2.28. The first-order valence-corrected chi connectivity index (χ1v) is 8.06. The number of benzene rings is 1. The van der Waals surface area contributed by atoms with E-state index in [4.69, 9.17) is 9.47 Å². The maximum atomic E-state index is 5.44. The predicted octanol–water partition coefficient (Wildman–Crippen LogP) is 4.16. The Morgan fingerprint density at radius 1 is 1.25 bits per heavy atom. The minimum atomic E-state index is 0.349. The van der Waals surface area contributed by atoms with Crippen molar-refractivity contribution in [2.24, 2.45) is 11.8 Å². The predicted molar refractivity (Wildman–Crippen MR) is 85.6 cm³/mol. The van der Waals surface area contributed by atoms with Crippen LogP contribution in [0.4, 0.5) is 0 Å². The topological polar surface area (TPSA) is 30.5 Å². The molecule has 2 unspecified atom stereocenters. The summed E-state index contributed by atoms with van der Waals surface area (Å²) in [5, 5.41) is 3.62. The summed E-state index contributed by atoms with van der Waals surface area (Å²) >= 11 is 3.68. The van der Waals surface area contributed by atoms with Crippen molar-refractivity contribution in [2.45, 2.75) is 32.7 Å². The number of rotatable bonds is 7. The highest BCUT2D eigenvalue weighted by molar-refractivity contribution is 9.10. The number of hydrogen-bond acceptors (Lipinski definition) is 3. The fourth-order valence-electron chi connectivity index (χ4n) is 2.80. The van der Waals surface area contributed by atoms with Crippen molar-refractivity contribution in [2.75, 3.05) is 20.8 Å². The Kier molecular flexibility index (Phi) is 5.33. The summed E-state index contributed by atoms with van der Waals surface area (Å²) in [5.74, 6) is 3.03. The van der Waals surface area contributed by atoms with Gasteiger partial charge in [-0.1, -0.05) is 29.8 Å². The highest BCUT2D eigenvalue weighted by Crippen LogP contribution is 2.45. The summed E-state index contributed by atoms with van der Waals surface area (Å²) in [5.41, 5.74) is 1.25. The van der Waals surface area contributed by atoms with Gasteiger partial charge in [0.05, 0.1) is 14.2 Å². The van der Waals surface area contributed by atoms with E-state index < -0.39 is 0 Å². The zero-order valence-electron chi connectivity index (χ0n) is 12.7. The Morgan fingerprint density at radius 2 is 1.85 bits per heavy atom. The maximum Gasteiger partial charge on any atom is 0.161 e. The van der Waals surface area contributed by atoms with Gasteiger partial charge in [-0.25, -0.2) is 0 Å². The molecule has 1 saturated carbocycles. The monoisotopic (exact) mass is 341 g/mol. The first-order valence-electron chi connectivity index (χ1n) is 7.27. The molecule has 0 spiro atoms. The molecule has 0 radical (unpaired) electrons. The van der Waals surface area contributed by atoms with Gasteiger partial charge in [0.2, 0.25) is 0 Å². The van der Waals surface area contributed by atoms with Crippen LogP contribution in [-0.4, -0.2) is 20.8 Å². The first kappa shape index (κ1) is 15.6. The fraction of sp³-hybridized carbons (Fsp3) is 0.625. The molecule has 1 aromatic carbocycles. The van der Waals surface area contributed by atoms with Crippen LogP contribution in [0.1, 0.15) is 38.3 Å². The molecular formula is C16H24BrNO2. The molecular weight excluding hydrogens is 318 g/mol. The molecule has 20 heavy (non-hydrogen) atoms. The van der Waals surface area contributed by atoms with E-state index >= 15 is 0 Å². The average Bonchev–Trinajstić information content (AvgIpc) is 3.28. The van der Waals surface area contributed by atoms with Gasteiger partial charge < -0.3 is 14.8 Å². The lowest BCUT2D eigenvalue weighted by molar-refractivity contribution is 0.341. The third-order valence-electron chi connectivity index (χ3n) is 4.15. The molecule has 0 aromatic heterocycles. The van der Waals surface area contributed by atoms with Crippen molar-refractivity contribution in [1.82, 2.24) is 5.32 Å². The second kappa shape index (κ2) is 6.81. The van der Waals surface area contributed by atoms with Crippen LogP contribution in [0.3, 0.4) is 0 Å². The highest BCUT2D eigenvalue weighted by Gasteiger charge is 2.34. The molecule has 1 aliphatic carbocycles. The van der Waals surface area contributed by atoms with Gasteiger partial charge in [-0.2, -0.15) is 0 Å². The summed E-state index contributed by atoms with van der Waals surface area (Å²) in [4.78, 5) is 0. The summed E-state index contributed by atoms with van der Waals surface area (Å²) in [6.45, 7) is 5.46. The molecule has 4 heteroatoms. The van der Waals surface area contributed by atoms with Crippen molar-refractivity contribution in [3.8, 4) is 11.5 Å². The molecule has 1 fully saturated rings. The standard InChI is InChI=1S/C16H24BrNO2/c1-5-18-16(10(2)11-6-7-11)12-8-14(19-3)15(20-4)9-13(12)17/h8-11,16,18H,5-7H2,1-4H3. The normalized spacial score (nSPS) is 17.6. The Balaban J connectivity index is 2.36. The van der Waals surface area contributed by atoms with Gasteiger partial charge in [-0.15, -0.1) is 0 Å². The molecule has 1 N–H and O–H groups in total. The molecule has 0 bridgehead atoms. The highest BCUT2D eigenvalue weighted by atomic mass is 79.9. The first-order chi connectivity index (χ1) is 9.62. The minimum Gasteiger partial charge on any atom is -0.493 e. The largest absolute Gasteiger partial charge is 0.493 e. The van der Waals surface area contributed by atoms with Crippen molar-refractivity contribution in [3.63, 3.8) is 0 Å². The summed E-state index contributed by atoms with van der Waals surface area (Å²) in [6.07, 6.45) is 2.71. The van der Waals surface area contributed by atoms with Gasteiger partial charge in [0.25, 0.3) is 0 Å². The molecule has 1 aliphatic rings. The summed E-state index contributed by atoms with van der Waals surface area (Å²) in [7, 11) is 3.35. The molecule has 112 valence electrons. The molecule has 0 saturated heterocycles. The second-order valence-corrected chi connectivity index (χ2v) is 6.31. The van der Waals surface area contributed by atoms with Crippen molar-refractivity contribution < 1.29 is 9.47 Å². The van der Waals surface area contributed by atoms with Crippen LogP contribution in [0.15, 0.2) is 16.6 Å². The van der Waals surface area contributed by atoms with E-state index in [-0.39, 0.29) is 0 Å². The second-order valence-electron chi connectivity index (χ2n) is 5.46. The number of halogens is 1. The van der Waals surface area contributed by atoms with Gasteiger partial charge in [0.1, 0.15) is 0 Å². The maximum absolute atomic E-state index is 5.44. The van der Waals surface area contributed by atoms with Crippen LogP contribution in [0, 0.1) is 11.8 Å². The van der Waals surface area contributed by atoms with Crippen LogP contribution >= 0.6 is 15.9 Å². The van der Waals surface area contributed by atoms with Crippen LogP contribution in [0.5, 0.6) is 11.5 Å². The van der Waals surface area contributed by atoms with Crippen LogP contribution in [0.2, 0.25) is 0 Å². The lowest BCUT2D eigenvalue weighted by Gasteiger charge is -2.27. The van der Waals surface area contributed by atoms with Gasteiger partial charge in [-0.05, 0) is 48.9 Å². The lowest BCUT2D eigenvalue weighted by atomic mass is 9.90.